The number of nitrogens with zero attached hydrogens (tertiary/aromatic N) is 1. The minimum absolute atomic E-state index is 0.181. The Morgan fingerprint density at radius 2 is 1.69 bits per heavy atom. The van der Waals surface area contributed by atoms with Crippen molar-refractivity contribution in [3.63, 3.8) is 0 Å². The highest BCUT2D eigenvalue weighted by atomic mass is 32.2. The van der Waals surface area contributed by atoms with E-state index in [-0.39, 0.29) is 4.90 Å². The van der Waals surface area contributed by atoms with Crippen molar-refractivity contribution < 1.29 is 12.6 Å². The summed E-state index contributed by atoms with van der Waals surface area (Å²) in [5.41, 5.74) is 4.05. The van der Waals surface area contributed by atoms with Crippen molar-refractivity contribution in [3.05, 3.63) is 71.9 Å². The van der Waals surface area contributed by atoms with Crippen LogP contribution in [0.3, 0.4) is 0 Å². The van der Waals surface area contributed by atoms with Crippen molar-refractivity contribution >= 4 is 10.1 Å². The van der Waals surface area contributed by atoms with Crippen LogP contribution in [0.15, 0.2) is 65.6 Å². The summed E-state index contributed by atoms with van der Waals surface area (Å²) in [6, 6.07) is 18.6. The highest BCUT2D eigenvalue weighted by molar-refractivity contribution is 7.87. The van der Waals surface area contributed by atoms with Crippen LogP contribution < -0.4 is 4.18 Å². The fraction of sp³-hybridized carbons (Fsp3) is 0.238. The average Bonchev–Trinajstić information content (AvgIpc) is 3.01. The van der Waals surface area contributed by atoms with E-state index in [0.717, 1.165) is 48.3 Å². The van der Waals surface area contributed by atoms with Gasteiger partial charge in [-0.15, -0.1) is 0 Å². The molecular weight excluding hydrogens is 346 g/mol. The molecule has 0 fully saturated rings. The van der Waals surface area contributed by atoms with Crippen molar-refractivity contribution in [2.75, 3.05) is 0 Å². The second-order valence-electron chi connectivity index (χ2n) is 6.67. The van der Waals surface area contributed by atoms with Crippen LogP contribution in [0.2, 0.25) is 0 Å². The first kappa shape index (κ1) is 16.9. The number of rotatable bonds is 4. The molecule has 1 aliphatic heterocycles. The van der Waals surface area contributed by atoms with Gasteiger partial charge in [0.15, 0.2) is 5.75 Å². The molecule has 0 bridgehead atoms. The second-order valence-corrected chi connectivity index (χ2v) is 8.21. The molecule has 0 atom stereocenters. The van der Waals surface area contributed by atoms with E-state index in [1.54, 1.807) is 24.3 Å². The Morgan fingerprint density at radius 3 is 2.42 bits per heavy atom. The molecule has 0 radical (unpaired) electrons. The molecule has 26 heavy (non-hydrogen) atoms. The van der Waals surface area contributed by atoms with Crippen LogP contribution in [-0.4, -0.2) is 13.0 Å². The molecule has 3 aromatic rings. The molecule has 5 heteroatoms. The summed E-state index contributed by atoms with van der Waals surface area (Å²) >= 11 is 0. The fourth-order valence-corrected chi connectivity index (χ4v) is 4.38. The van der Waals surface area contributed by atoms with Gasteiger partial charge in [0.05, 0.1) is 11.4 Å². The van der Waals surface area contributed by atoms with Gasteiger partial charge in [-0.3, -0.25) is 0 Å². The number of fused-ring (bicyclic) bond motifs is 1. The van der Waals surface area contributed by atoms with E-state index >= 15 is 0 Å². The quantitative estimate of drug-likeness (QED) is 0.635. The van der Waals surface area contributed by atoms with Gasteiger partial charge in [-0.05, 0) is 43.9 Å². The number of aryl methyl sites for hydroxylation is 1. The third-order valence-electron chi connectivity index (χ3n) is 4.79. The van der Waals surface area contributed by atoms with E-state index in [9.17, 15) is 8.42 Å². The molecule has 2 heterocycles. The molecule has 1 aromatic heterocycles. The largest absolute Gasteiger partial charge is 0.377 e. The van der Waals surface area contributed by atoms with Gasteiger partial charge in [0.1, 0.15) is 4.90 Å². The summed E-state index contributed by atoms with van der Waals surface area (Å²) in [4.78, 5) is 0.181. The van der Waals surface area contributed by atoms with E-state index in [4.69, 9.17) is 4.18 Å². The Morgan fingerprint density at radius 1 is 0.962 bits per heavy atom. The zero-order valence-corrected chi connectivity index (χ0v) is 15.5. The maximum absolute atomic E-state index is 12.7. The molecule has 0 N–H and O–H groups in total. The molecule has 4 rings (SSSR count). The molecule has 2 aromatic carbocycles. The Hall–Kier alpha value is -2.53. The summed E-state index contributed by atoms with van der Waals surface area (Å²) in [5, 5.41) is 0. The number of aromatic nitrogens is 1. The summed E-state index contributed by atoms with van der Waals surface area (Å²) in [7, 11) is -3.85. The van der Waals surface area contributed by atoms with Gasteiger partial charge in [-0.2, -0.15) is 8.42 Å². The molecule has 0 saturated heterocycles. The molecule has 4 nitrogen and oxygen atoms in total. The molecular formula is C21H21NO3S. The topological polar surface area (TPSA) is 48.3 Å². The number of hydrogen-bond donors (Lipinski definition) is 0. The van der Waals surface area contributed by atoms with Gasteiger partial charge in [0.2, 0.25) is 0 Å². The summed E-state index contributed by atoms with van der Waals surface area (Å²) in [6.45, 7) is 2.81. The van der Waals surface area contributed by atoms with Gasteiger partial charge >= 0.3 is 10.1 Å². The third-order valence-corrected chi connectivity index (χ3v) is 6.04. The molecule has 0 unspecified atom stereocenters. The molecule has 0 aliphatic carbocycles. The van der Waals surface area contributed by atoms with Gasteiger partial charge < -0.3 is 8.75 Å². The highest BCUT2D eigenvalue weighted by Crippen LogP contribution is 2.36. The Kier molecular flexibility index (Phi) is 4.32. The van der Waals surface area contributed by atoms with Crippen molar-refractivity contribution in [3.8, 4) is 17.0 Å². The first-order valence-electron chi connectivity index (χ1n) is 8.83. The summed E-state index contributed by atoms with van der Waals surface area (Å²) in [5.74, 6) is 0.448. The van der Waals surface area contributed by atoms with Crippen LogP contribution in [0.1, 0.15) is 24.1 Å². The van der Waals surface area contributed by atoms with E-state index in [0.29, 0.717) is 5.75 Å². The number of hydrogen-bond acceptors (Lipinski definition) is 3. The normalized spacial score (nSPS) is 14.0. The third kappa shape index (κ3) is 3.15. The van der Waals surface area contributed by atoms with Gasteiger partial charge in [0.25, 0.3) is 0 Å². The summed E-state index contributed by atoms with van der Waals surface area (Å²) in [6.07, 6.45) is 2.95. The van der Waals surface area contributed by atoms with E-state index in [1.807, 2.05) is 43.3 Å². The van der Waals surface area contributed by atoms with Crippen LogP contribution in [0.4, 0.5) is 0 Å². The van der Waals surface area contributed by atoms with Crippen molar-refractivity contribution in [1.82, 2.24) is 4.57 Å². The van der Waals surface area contributed by atoms with Crippen LogP contribution in [0.25, 0.3) is 11.3 Å². The highest BCUT2D eigenvalue weighted by Gasteiger charge is 2.25. The zero-order valence-electron chi connectivity index (χ0n) is 14.7. The van der Waals surface area contributed by atoms with Crippen LogP contribution in [-0.2, 0) is 23.1 Å². The van der Waals surface area contributed by atoms with Gasteiger partial charge in [-0.25, -0.2) is 0 Å². The predicted octanol–water partition coefficient (Wildman–Crippen LogP) is 4.57. The Bertz CT molecular complexity index is 1020. The van der Waals surface area contributed by atoms with Crippen molar-refractivity contribution in [2.24, 2.45) is 0 Å². The minimum Gasteiger partial charge on any atom is -0.377 e. The van der Waals surface area contributed by atoms with Crippen LogP contribution in [0, 0.1) is 6.92 Å². The van der Waals surface area contributed by atoms with Crippen molar-refractivity contribution in [1.29, 1.82) is 0 Å². The standard InChI is InChI=1S/C21H21NO3S/c1-16-10-12-18(13-11-16)26(23,24)25-21-15-20(17-7-3-2-4-8-17)22-14-6-5-9-19(21)22/h2-4,7-8,10-13,15H,5-6,9,14H2,1H3. The Labute approximate surface area is 154 Å². The molecule has 1 aliphatic rings. The lowest BCUT2D eigenvalue weighted by atomic mass is 10.1. The summed E-state index contributed by atoms with van der Waals surface area (Å²) < 4.78 is 33.2. The molecule has 0 spiro atoms. The Balaban J connectivity index is 1.75. The van der Waals surface area contributed by atoms with E-state index in [1.165, 1.54) is 0 Å². The molecule has 0 saturated carbocycles. The van der Waals surface area contributed by atoms with E-state index in [2.05, 4.69) is 4.57 Å². The minimum atomic E-state index is -3.85. The van der Waals surface area contributed by atoms with Gasteiger partial charge in [0, 0.05) is 12.6 Å². The molecule has 134 valence electrons. The lowest BCUT2D eigenvalue weighted by Crippen LogP contribution is -2.14. The van der Waals surface area contributed by atoms with E-state index < -0.39 is 10.1 Å². The predicted molar refractivity (Wildman–Crippen MR) is 102 cm³/mol. The monoisotopic (exact) mass is 367 g/mol. The fourth-order valence-electron chi connectivity index (χ4n) is 3.43. The maximum atomic E-state index is 12.7. The lowest BCUT2D eigenvalue weighted by Gasteiger charge is -2.18. The SMILES string of the molecule is Cc1ccc(S(=O)(=O)Oc2cc(-c3ccccc3)n3c2CCCC3)cc1. The molecule has 0 amide bonds. The smallest absolute Gasteiger partial charge is 0.339 e. The van der Waals surface area contributed by atoms with Crippen LogP contribution in [0.5, 0.6) is 5.75 Å². The van der Waals surface area contributed by atoms with Crippen LogP contribution >= 0.6 is 0 Å². The average molecular weight is 367 g/mol. The first-order valence-corrected chi connectivity index (χ1v) is 10.2. The lowest BCUT2D eigenvalue weighted by molar-refractivity contribution is 0.469. The maximum Gasteiger partial charge on any atom is 0.339 e. The zero-order chi connectivity index (χ0) is 18.1. The number of benzene rings is 2. The first-order chi connectivity index (χ1) is 12.5. The van der Waals surface area contributed by atoms with Gasteiger partial charge in [-0.1, -0.05) is 48.0 Å². The van der Waals surface area contributed by atoms with Crippen molar-refractivity contribution in [2.45, 2.75) is 37.6 Å². The second kappa shape index (κ2) is 6.65.